The van der Waals surface area contributed by atoms with Crippen LogP contribution in [-0.2, 0) is 0 Å². The molecule has 0 radical (unpaired) electrons. The molecule has 13 heavy (non-hydrogen) atoms. The lowest BCUT2D eigenvalue weighted by Gasteiger charge is -2.17. The Balaban J connectivity index is 0.00000144. The molecular weight excluding hydrogens is 205 g/mol. The van der Waals surface area contributed by atoms with Crippen LogP contribution >= 0.6 is 24.0 Å². The molecule has 0 saturated carbocycles. The lowest BCUT2D eigenvalue weighted by Crippen LogP contribution is -2.25. The second-order valence-corrected chi connectivity index (χ2v) is 3.36. The molecule has 1 N–H and O–H groups in total. The molecule has 74 valence electrons. The Morgan fingerprint density at radius 2 is 1.77 bits per heavy atom. The number of hydrogen-bond donors (Lipinski definition) is 1. The Kier molecular flexibility index (Phi) is 6.13. The van der Waals surface area contributed by atoms with Crippen molar-refractivity contribution in [3.8, 4) is 0 Å². The maximum absolute atomic E-state index is 6.19. The van der Waals surface area contributed by atoms with Gasteiger partial charge in [0.15, 0.2) is 0 Å². The normalized spacial score (nSPS) is 14.4. The molecule has 0 saturated heterocycles. The Morgan fingerprint density at radius 3 is 2.23 bits per heavy atom. The van der Waals surface area contributed by atoms with Crippen LogP contribution in [0.1, 0.15) is 17.9 Å². The maximum atomic E-state index is 6.19. The second-order valence-electron chi connectivity index (χ2n) is 2.89. The SMILES string of the molecule is CN[C@@H](C)[C@@H](Cl)c1ccccc1.Cl. The monoisotopic (exact) mass is 219 g/mol. The van der Waals surface area contributed by atoms with Crippen molar-refractivity contribution in [1.29, 1.82) is 0 Å². The number of benzene rings is 1. The predicted octanol–water partition coefficient (Wildman–Crippen LogP) is 3.00. The van der Waals surface area contributed by atoms with Gasteiger partial charge in [0.1, 0.15) is 0 Å². The van der Waals surface area contributed by atoms with Crippen LogP contribution in [-0.4, -0.2) is 13.1 Å². The fourth-order valence-corrected chi connectivity index (χ4v) is 1.34. The molecule has 1 nitrogen and oxygen atoms in total. The van der Waals surface area contributed by atoms with Gasteiger partial charge >= 0.3 is 0 Å². The Bertz CT molecular complexity index is 226. The second kappa shape index (κ2) is 6.25. The smallest absolute Gasteiger partial charge is 0.0735 e. The number of nitrogens with one attached hydrogen (secondary N) is 1. The molecule has 1 rings (SSSR count). The standard InChI is InChI=1S/C10H14ClN.ClH/c1-8(12-2)10(11)9-6-4-3-5-7-9;/h3-8,10,12H,1-2H3;1H/t8-,10+;/m0./s1. The highest BCUT2D eigenvalue weighted by atomic mass is 35.5. The number of hydrogen-bond acceptors (Lipinski definition) is 1. The highest BCUT2D eigenvalue weighted by molar-refractivity contribution is 6.21. The van der Waals surface area contributed by atoms with Gasteiger partial charge in [0, 0.05) is 6.04 Å². The highest BCUT2D eigenvalue weighted by Crippen LogP contribution is 2.23. The van der Waals surface area contributed by atoms with Crippen molar-refractivity contribution < 1.29 is 0 Å². The van der Waals surface area contributed by atoms with E-state index in [1.54, 1.807) is 0 Å². The average molecular weight is 220 g/mol. The lowest BCUT2D eigenvalue weighted by molar-refractivity contribution is 0.592. The van der Waals surface area contributed by atoms with Gasteiger partial charge in [-0.1, -0.05) is 30.3 Å². The first-order chi connectivity index (χ1) is 5.75. The molecule has 0 fully saturated rings. The van der Waals surface area contributed by atoms with Crippen LogP contribution in [0.2, 0.25) is 0 Å². The summed E-state index contributed by atoms with van der Waals surface area (Å²) < 4.78 is 0. The number of halogens is 2. The van der Waals surface area contributed by atoms with E-state index >= 15 is 0 Å². The van der Waals surface area contributed by atoms with Gasteiger partial charge in [-0.2, -0.15) is 0 Å². The molecule has 2 atom stereocenters. The largest absolute Gasteiger partial charge is 0.315 e. The molecular formula is C10H15Cl2N. The summed E-state index contributed by atoms with van der Waals surface area (Å²) in [5.74, 6) is 0. The molecule has 0 spiro atoms. The molecule has 0 aromatic heterocycles. The Labute approximate surface area is 90.9 Å². The molecule has 0 amide bonds. The topological polar surface area (TPSA) is 12.0 Å². The van der Waals surface area contributed by atoms with Crippen molar-refractivity contribution in [3.05, 3.63) is 35.9 Å². The summed E-state index contributed by atoms with van der Waals surface area (Å²) in [6, 6.07) is 10.4. The average Bonchev–Trinajstić information content (AvgIpc) is 2.17. The summed E-state index contributed by atoms with van der Waals surface area (Å²) in [7, 11) is 1.92. The van der Waals surface area contributed by atoms with Crippen molar-refractivity contribution >= 4 is 24.0 Å². The fraction of sp³-hybridized carbons (Fsp3) is 0.400. The third-order valence-electron chi connectivity index (χ3n) is 2.01. The third-order valence-corrected chi connectivity index (χ3v) is 2.64. The van der Waals surface area contributed by atoms with Gasteiger partial charge in [0.25, 0.3) is 0 Å². The van der Waals surface area contributed by atoms with Crippen molar-refractivity contribution in [3.63, 3.8) is 0 Å². The summed E-state index contributed by atoms with van der Waals surface area (Å²) >= 11 is 6.19. The maximum Gasteiger partial charge on any atom is 0.0735 e. The molecule has 0 unspecified atom stereocenters. The van der Waals surface area contributed by atoms with E-state index in [2.05, 4.69) is 12.2 Å². The zero-order chi connectivity index (χ0) is 8.97. The van der Waals surface area contributed by atoms with E-state index in [1.165, 1.54) is 5.56 Å². The van der Waals surface area contributed by atoms with E-state index in [-0.39, 0.29) is 17.8 Å². The van der Waals surface area contributed by atoms with Crippen LogP contribution < -0.4 is 5.32 Å². The van der Waals surface area contributed by atoms with E-state index in [0.717, 1.165) is 0 Å². The summed E-state index contributed by atoms with van der Waals surface area (Å²) in [5, 5.41) is 3.18. The lowest BCUT2D eigenvalue weighted by atomic mass is 10.1. The van der Waals surface area contributed by atoms with Crippen LogP contribution in [0.5, 0.6) is 0 Å². The first-order valence-electron chi connectivity index (χ1n) is 4.12. The number of alkyl halides is 1. The first-order valence-corrected chi connectivity index (χ1v) is 4.55. The van der Waals surface area contributed by atoms with E-state index in [9.17, 15) is 0 Å². The molecule has 0 heterocycles. The minimum absolute atomic E-state index is 0. The molecule has 1 aromatic rings. The highest BCUT2D eigenvalue weighted by Gasteiger charge is 2.13. The molecule has 0 aliphatic heterocycles. The van der Waals surface area contributed by atoms with Crippen LogP contribution in [0.25, 0.3) is 0 Å². The van der Waals surface area contributed by atoms with Gasteiger partial charge in [-0.3, -0.25) is 0 Å². The van der Waals surface area contributed by atoms with Crippen molar-refractivity contribution in [1.82, 2.24) is 5.32 Å². The molecule has 3 heteroatoms. The first kappa shape index (κ1) is 12.8. The molecule has 0 aliphatic carbocycles. The van der Waals surface area contributed by atoms with E-state index in [0.29, 0.717) is 6.04 Å². The summed E-state index contributed by atoms with van der Waals surface area (Å²) in [6.07, 6.45) is 0. The number of rotatable bonds is 3. The Morgan fingerprint density at radius 1 is 1.23 bits per heavy atom. The van der Waals surface area contributed by atoms with Crippen LogP contribution in [0.15, 0.2) is 30.3 Å². The van der Waals surface area contributed by atoms with Crippen LogP contribution in [0, 0.1) is 0 Å². The molecule has 0 bridgehead atoms. The van der Waals surface area contributed by atoms with Crippen molar-refractivity contribution in [2.75, 3.05) is 7.05 Å². The van der Waals surface area contributed by atoms with Gasteiger partial charge in [-0.05, 0) is 19.5 Å². The van der Waals surface area contributed by atoms with E-state index in [1.807, 2.05) is 37.4 Å². The zero-order valence-corrected chi connectivity index (χ0v) is 9.40. The zero-order valence-electron chi connectivity index (χ0n) is 7.83. The van der Waals surface area contributed by atoms with Gasteiger partial charge in [0.05, 0.1) is 5.38 Å². The molecule has 1 aromatic carbocycles. The fourth-order valence-electron chi connectivity index (χ4n) is 1.07. The predicted molar refractivity (Wildman–Crippen MR) is 60.8 cm³/mol. The van der Waals surface area contributed by atoms with Crippen LogP contribution in [0.4, 0.5) is 0 Å². The molecule has 0 aliphatic rings. The summed E-state index contributed by atoms with van der Waals surface area (Å²) in [5.41, 5.74) is 1.17. The Hall–Kier alpha value is -0.240. The van der Waals surface area contributed by atoms with Gasteiger partial charge in [-0.15, -0.1) is 24.0 Å². The van der Waals surface area contributed by atoms with Gasteiger partial charge in [0.2, 0.25) is 0 Å². The van der Waals surface area contributed by atoms with Gasteiger partial charge < -0.3 is 5.32 Å². The van der Waals surface area contributed by atoms with E-state index < -0.39 is 0 Å². The van der Waals surface area contributed by atoms with Crippen molar-refractivity contribution in [2.45, 2.75) is 18.3 Å². The van der Waals surface area contributed by atoms with E-state index in [4.69, 9.17) is 11.6 Å². The van der Waals surface area contributed by atoms with Crippen LogP contribution in [0.3, 0.4) is 0 Å². The third kappa shape index (κ3) is 3.55. The van der Waals surface area contributed by atoms with Crippen molar-refractivity contribution in [2.24, 2.45) is 0 Å². The summed E-state index contributed by atoms with van der Waals surface area (Å²) in [6.45, 7) is 2.07. The minimum atomic E-state index is 0. The number of likely N-dealkylation sites (N-methyl/N-ethyl adjacent to an activating group) is 1. The minimum Gasteiger partial charge on any atom is -0.315 e. The summed E-state index contributed by atoms with van der Waals surface area (Å²) in [4.78, 5) is 0. The quantitative estimate of drug-likeness (QED) is 0.772. The van der Waals surface area contributed by atoms with Gasteiger partial charge in [-0.25, -0.2) is 0 Å².